The first-order valence-corrected chi connectivity index (χ1v) is 8.68. The third-order valence-electron chi connectivity index (χ3n) is 3.81. The molecule has 0 atom stereocenters. The molecule has 1 aromatic heterocycles. The maximum Gasteiger partial charge on any atom is 0.146 e. The van der Waals surface area contributed by atoms with Gasteiger partial charge in [-0.05, 0) is 43.5 Å². The molecule has 0 bridgehead atoms. The summed E-state index contributed by atoms with van der Waals surface area (Å²) in [6.45, 7) is 2.55. The van der Waals surface area contributed by atoms with Crippen LogP contribution in [-0.2, 0) is 10.8 Å². The Morgan fingerprint density at radius 3 is 2.67 bits per heavy atom. The zero-order valence-electron chi connectivity index (χ0n) is 13.7. The molecular weight excluding hydrogens is 320 g/mol. The van der Waals surface area contributed by atoms with Crippen molar-refractivity contribution in [2.75, 3.05) is 5.01 Å². The van der Waals surface area contributed by atoms with Crippen LogP contribution in [0.2, 0.25) is 0 Å². The van der Waals surface area contributed by atoms with Crippen LogP contribution in [0, 0.1) is 12.8 Å². The number of hydrazine groups is 1. The first-order valence-electron chi connectivity index (χ1n) is 7.94. The highest BCUT2D eigenvalue weighted by Gasteiger charge is 2.24. The van der Waals surface area contributed by atoms with Crippen LogP contribution in [0.25, 0.3) is 0 Å². The van der Waals surface area contributed by atoms with Gasteiger partial charge < -0.3 is 9.92 Å². The summed E-state index contributed by atoms with van der Waals surface area (Å²) in [5, 5.41) is 1.47. The van der Waals surface area contributed by atoms with Gasteiger partial charge in [0.25, 0.3) is 0 Å². The van der Waals surface area contributed by atoms with Crippen molar-refractivity contribution < 1.29 is 4.18 Å². The van der Waals surface area contributed by atoms with Crippen LogP contribution in [0.5, 0.6) is 0 Å². The number of benzene rings is 1. The number of hydrogen-bond acceptors (Lipinski definition) is 6. The molecule has 1 aliphatic rings. The standard InChI is InChI=1S/C18H22N4OS/c1-13-2-7-16(8-3-13)24-23-12-14-4-9-18(21-10-14)22(20)11-17(19)15-5-6-15/h2-4,7-11,15H,5-6,12,19-20H2,1H3/b17-11-. The van der Waals surface area contributed by atoms with E-state index in [9.17, 15) is 0 Å². The highest BCUT2D eigenvalue weighted by Crippen LogP contribution is 2.33. The van der Waals surface area contributed by atoms with E-state index in [1.807, 2.05) is 24.3 Å². The number of aryl methyl sites for hydroxylation is 1. The van der Waals surface area contributed by atoms with Gasteiger partial charge >= 0.3 is 0 Å². The van der Waals surface area contributed by atoms with Gasteiger partial charge in [-0.2, -0.15) is 0 Å². The lowest BCUT2D eigenvalue weighted by Gasteiger charge is -2.14. The fraction of sp³-hybridized carbons (Fsp3) is 0.278. The fourth-order valence-electron chi connectivity index (χ4n) is 2.16. The molecule has 1 saturated carbocycles. The maximum atomic E-state index is 5.98. The van der Waals surface area contributed by atoms with E-state index in [1.165, 1.54) is 22.6 Å². The van der Waals surface area contributed by atoms with Crippen LogP contribution >= 0.6 is 12.0 Å². The Bertz CT molecular complexity index is 696. The molecule has 5 nitrogen and oxygen atoms in total. The molecule has 0 radical (unpaired) electrons. The second-order valence-corrected chi connectivity index (χ2v) is 6.87. The molecule has 1 aromatic carbocycles. The molecule has 0 amide bonds. The van der Waals surface area contributed by atoms with Crippen molar-refractivity contribution in [2.45, 2.75) is 31.3 Å². The van der Waals surface area contributed by atoms with E-state index in [0.29, 0.717) is 18.3 Å². The molecular formula is C18H22N4OS. The highest BCUT2D eigenvalue weighted by molar-refractivity contribution is 7.94. The molecule has 0 unspecified atom stereocenters. The SMILES string of the molecule is Cc1ccc(SOCc2ccc(N(N)/C=C(\N)C3CC3)nc2)cc1. The predicted molar refractivity (Wildman–Crippen MR) is 97.7 cm³/mol. The normalized spacial score (nSPS) is 14.7. The van der Waals surface area contributed by atoms with Gasteiger partial charge in [-0.15, -0.1) is 0 Å². The summed E-state index contributed by atoms with van der Waals surface area (Å²) in [4.78, 5) is 5.44. The van der Waals surface area contributed by atoms with Crippen LogP contribution in [-0.4, -0.2) is 4.98 Å². The number of aromatic nitrogens is 1. The molecule has 24 heavy (non-hydrogen) atoms. The first-order chi connectivity index (χ1) is 11.6. The van der Waals surface area contributed by atoms with Crippen LogP contribution in [0.4, 0.5) is 5.82 Å². The van der Waals surface area contributed by atoms with E-state index >= 15 is 0 Å². The number of hydrogen-bond donors (Lipinski definition) is 2. The molecule has 0 spiro atoms. The molecule has 2 aromatic rings. The smallest absolute Gasteiger partial charge is 0.146 e. The minimum Gasteiger partial charge on any atom is -0.401 e. The first kappa shape index (κ1) is 16.8. The number of rotatable bonds is 7. The Balaban J connectivity index is 1.50. The second-order valence-electron chi connectivity index (χ2n) is 5.99. The van der Waals surface area contributed by atoms with Gasteiger partial charge in [-0.1, -0.05) is 23.8 Å². The summed E-state index contributed by atoms with van der Waals surface area (Å²) in [5.41, 5.74) is 9.02. The molecule has 1 fully saturated rings. The number of pyridine rings is 1. The van der Waals surface area contributed by atoms with Crippen LogP contribution in [0.15, 0.2) is 59.4 Å². The van der Waals surface area contributed by atoms with Crippen molar-refractivity contribution in [1.29, 1.82) is 0 Å². The number of anilines is 1. The third-order valence-corrected chi connectivity index (χ3v) is 4.51. The number of allylic oxidation sites excluding steroid dienone is 1. The summed E-state index contributed by atoms with van der Waals surface area (Å²) in [6, 6.07) is 12.1. The van der Waals surface area contributed by atoms with Crippen molar-refractivity contribution in [3.63, 3.8) is 0 Å². The third kappa shape index (κ3) is 4.74. The molecule has 126 valence electrons. The molecule has 4 N–H and O–H groups in total. The minimum atomic E-state index is 0.483. The van der Waals surface area contributed by atoms with Crippen molar-refractivity contribution in [3.05, 3.63) is 65.6 Å². The lowest BCUT2D eigenvalue weighted by Crippen LogP contribution is -2.27. The Kier molecular flexibility index (Phi) is 5.40. The van der Waals surface area contributed by atoms with Crippen molar-refractivity contribution >= 4 is 17.9 Å². The van der Waals surface area contributed by atoms with Crippen molar-refractivity contribution in [3.8, 4) is 0 Å². The zero-order valence-corrected chi connectivity index (χ0v) is 14.5. The molecule has 1 aliphatic carbocycles. The summed E-state index contributed by atoms with van der Waals surface area (Å²) < 4.78 is 5.65. The van der Waals surface area contributed by atoms with Gasteiger partial charge in [0.05, 0.1) is 6.61 Å². The minimum absolute atomic E-state index is 0.483. The summed E-state index contributed by atoms with van der Waals surface area (Å²) >= 11 is 1.36. The molecule has 6 heteroatoms. The number of nitrogens with two attached hydrogens (primary N) is 2. The monoisotopic (exact) mass is 342 g/mol. The van der Waals surface area contributed by atoms with Gasteiger partial charge in [0.1, 0.15) is 5.82 Å². The van der Waals surface area contributed by atoms with E-state index in [-0.39, 0.29) is 0 Å². The van der Waals surface area contributed by atoms with E-state index in [0.717, 1.165) is 29.0 Å². The Hall–Kier alpha value is -2.02. The molecule has 0 aliphatic heterocycles. The van der Waals surface area contributed by atoms with E-state index in [4.69, 9.17) is 15.8 Å². The van der Waals surface area contributed by atoms with E-state index < -0.39 is 0 Å². The molecule has 1 heterocycles. The quantitative estimate of drug-likeness (QED) is 0.455. The van der Waals surface area contributed by atoms with Crippen LogP contribution in [0.1, 0.15) is 24.0 Å². The van der Waals surface area contributed by atoms with Gasteiger partial charge in [0.2, 0.25) is 0 Å². The summed E-state index contributed by atoms with van der Waals surface area (Å²) in [5.74, 6) is 7.13. The van der Waals surface area contributed by atoms with Crippen molar-refractivity contribution in [2.24, 2.45) is 17.5 Å². The average molecular weight is 342 g/mol. The second kappa shape index (κ2) is 7.70. The van der Waals surface area contributed by atoms with Crippen LogP contribution in [0.3, 0.4) is 0 Å². The van der Waals surface area contributed by atoms with Gasteiger partial charge in [-0.25, -0.2) is 10.8 Å². The fourth-order valence-corrected chi connectivity index (χ4v) is 2.74. The maximum absolute atomic E-state index is 5.98. The molecule has 3 rings (SSSR count). The van der Waals surface area contributed by atoms with Gasteiger partial charge in [0, 0.05) is 40.9 Å². The van der Waals surface area contributed by atoms with Crippen molar-refractivity contribution in [1.82, 2.24) is 4.98 Å². The van der Waals surface area contributed by atoms with E-state index in [1.54, 1.807) is 12.4 Å². The number of nitrogens with zero attached hydrogens (tertiary/aromatic N) is 2. The topological polar surface area (TPSA) is 77.4 Å². The lowest BCUT2D eigenvalue weighted by atomic mass is 10.2. The largest absolute Gasteiger partial charge is 0.401 e. The molecule has 0 saturated heterocycles. The van der Waals surface area contributed by atoms with Gasteiger partial charge in [0.15, 0.2) is 0 Å². The summed E-state index contributed by atoms with van der Waals surface area (Å²) in [7, 11) is 0. The zero-order chi connectivity index (χ0) is 16.9. The Morgan fingerprint density at radius 1 is 1.29 bits per heavy atom. The van der Waals surface area contributed by atoms with E-state index in [2.05, 4.69) is 24.0 Å². The van der Waals surface area contributed by atoms with Gasteiger partial charge in [-0.3, -0.25) is 5.01 Å². The Morgan fingerprint density at radius 2 is 2.04 bits per heavy atom. The Labute approximate surface area is 146 Å². The lowest BCUT2D eigenvalue weighted by molar-refractivity contribution is 0.363. The van der Waals surface area contributed by atoms with Crippen LogP contribution < -0.4 is 16.6 Å². The highest BCUT2D eigenvalue weighted by atomic mass is 32.2. The average Bonchev–Trinajstić information content (AvgIpc) is 3.42. The summed E-state index contributed by atoms with van der Waals surface area (Å²) in [6.07, 6.45) is 5.83. The predicted octanol–water partition coefficient (Wildman–Crippen LogP) is 3.50.